The van der Waals surface area contributed by atoms with Crippen LogP contribution in [0.15, 0.2) is 0 Å². The average molecular weight is 275 g/mol. The Labute approximate surface area is 109 Å². The number of aliphatic carboxylic acids is 1. The topological polar surface area (TPSA) is 122 Å². The molecule has 0 aromatic heterocycles. The molecule has 1 heterocycles. The summed E-state index contributed by atoms with van der Waals surface area (Å²) in [7, 11) is 0. The summed E-state index contributed by atoms with van der Waals surface area (Å²) in [5, 5.41) is 26.7. The summed E-state index contributed by atoms with van der Waals surface area (Å²) in [6, 6.07) is 0. The van der Waals surface area contributed by atoms with Gasteiger partial charge in [0, 0.05) is 39.3 Å². The van der Waals surface area contributed by atoms with Crippen LogP contribution in [-0.4, -0.2) is 94.0 Å². The number of hydrogen-bond acceptors (Lipinski definition) is 4. The first-order chi connectivity index (χ1) is 8.90. The zero-order valence-electron chi connectivity index (χ0n) is 10.4. The first kappa shape index (κ1) is 15.0. The van der Waals surface area contributed by atoms with E-state index in [-0.39, 0.29) is 45.8 Å². The van der Waals surface area contributed by atoms with Gasteiger partial charge in [0.2, 0.25) is 0 Å². The molecule has 3 N–H and O–H groups in total. The van der Waals surface area contributed by atoms with Crippen molar-refractivity contribution < 1.29 is 29.7 Å². The smallest absolute Gasteiger partial charge is 0.407 e. The highest BCUT2D eigenvalue weighted by Crippen LogP contribution is 2.01. The third-order valence-corrected chi connectivity index (χ3v) is 2.91. The van der Waals surface area contributed by atoms with Crippen molar-refractivity contribution in [2.24, 2.45) is 0 Å². The summed E-state index contributed by atoms with van der Waals surface area (Å²) in [4.78, 5) is 36.3. The normalized spacial score (nSPS) is 18.3. The molecule has 0 bridgehead atoms. The quantitative estimate of drug-likeness (QED) is 0.612. The van der Waals surface area contributed by atoms with Crippen LogP contribution >= 0.6 is 0 Å². The molecular formula is C10H17N3O6. The van der Waals surface area contributed by atoms with Crippen molar-refractivity contribution in [3.63, 3.8) is 0 Å². The molecule has 1 rings (SSSR count). The van der Waals surface area contributed by atoms with E-state index in [1.54, 1.807) is 0 Å². The maximum absolute atomic E-state index is 11.0. The van der Waals surface area contributed by atoms with E-state index in [1.165, 1.54) is 4.90 Å². The van der Waals surface area contributed by atoms with Gasteiger partial charge in [-0.1, -0.05) is 0 Å². The number of carboxylic acids is 1. The van der Waals surface area contributed by atoms with E-state index >= 15 is 0 Å². The van der Waals surface area contributed by atoms with Gasteiger partial charge in [0.05, 0.1) is 6.54 Å². The Hall–Kier alpha value is -2.03. The van der Waals surface area contributed by atoms with Gasteiger partial charge >= 0.3 is 18.2 Å². The number of carboxylic acid groups (broad SMARTS) is 3. The predicted molar refractivity (Wildman–Crippen MR) is 63.3 cm³/mol. The van der Waals surface area contributed by atoms with Gasteiger partial charge < -0.3 is 25.1 Å². The molecule has 0 atom stereocenters. The molecule has 1 saturated heterocycles. The lowest BCUT2D eigenvalue weighted by atomic mass is 10.4. The highest BCUT2D eigenvalue weighted by atomic mass is 16.4. The van der Waals surface area contributed by atoms with Crippen molar-refractivity contribution in [2.75, 3.05) is 45.8 Å². The van der Waals surface area contributed by atoms with E-state index < -0.39 is 18.2 Å². The van der Waals surface area contributed by atoms with Crippen LogP contribution in [0, 0.1) is 0 Å². The predicted octanol–water partition coefficient (Wildman–Crippen LogP) is -0.653. The minimum Gasteiger partial charge on any atom is -0.480 e. The van der Waals surface area contributed by atoms with Crippen LogP contribution in [-0.2, 0) is 4.79 Å². The lowest BCUT2D eigenvalue weighted by Crippen LogP contribution is -2.40. The van der Waals surface area contributed by atoms with Crippen molar-refractivity contribution in [1.82, 2.24) is 14.7 Å². The van der Waals surface area contributed by atoms with Crippen molar-refractivity contribution in [3.05, 3.63) is 0 Å². The van der Waals surface area contributed by atoms with Gasteiger partial charge in [-0.05, 0) is 0 Å². The number of nitrogens with zero attached hydrogens (tertiary/aromatic N) is 3. The van der Waals surface area contributed by atoms with Gasteiger partial charge in [-0.25, -0.2) is 9.59 Å². The second-order valence-electron chi connectivity index (χ2n) is 4.21. The maximum Gasteiger partial charge on any atom is 0.407 e. The van der Waals surface area contributed by atoms with Gasteiger partial charge in [0.25, 0.3) is 0 Å². The molecular weight excluding hydrogens is 258 g/mol. The molecule has 19 heavy (non-hydrogen) atoms. The molecule has 1 aliphatic rings. The minimum atomic E-state index is -1.14. The molecule has 1 fully saturated rings. The molecule has 0 spiro atoms. The molecule has 9 heteroatoms. The monoisotopic (exact) mass is 275 g/mol. The average Bonchev–Trinajstić information content (AvgIpc) is 2.38. The van der Waals surface area contributed by atoms with Crippen LogP contribution in [0.4, 0.5) is 9.59 Å². The summed E-state index contributed by atoms with van der Waals surface area (Å²) in [6.07, 6.45) is -2.27. The molecule has 0 radical (unpaired) electrons. The third-order valence-electron chi connectivity index (χ3n) is 2.91. The van der Waals surface area contributed by atoms with Crippen molar-refractivity contribution >= 4 is 18.2 Å². The van der Waals surface area contributed by atoms with E-state index in [0.29, 0.717) is 0 Å². The maximum atomic E-state index is 11.0. The molecule has 0 aromatic rings. The van der Waals surface area contributed by atoms with Crippen LogP contribution in [0.1, 0.15) is 0 Å². The van der Waals surface area contributed by atoms with Crippen LogP contribution in [0.5, 0.6) is 0 Å². The van der Waals surface area contributed by atoms with E-state index in [0.717, 1.165) is 9.80 Å². The van der Waals surface area contributed by atoms with Crippen molar-refractivity contribution in [3.8, 4) is 0 Å². The molecule has 108 valence electrons. The van der Waals surface area contributed by atoms with Crippen molar-refractivity contribution in [2.45, 2.75) is 0 Å². The zero-order chi connectivity index (χ0) is 14.4. The highest BCUT2D eigenvalue weighted by molar-refractivity contribution is 5.69. The van der Waals surface area contributed by atoms with Crippen LogP contribution in [0.25, 0.3) is 0 Å². The first-order valence-electron chi connectivity index (χ1n) is 5.80. The first-order valence-corrected chi connectivity index (χ1v) is 5.80. The summed E-state index contributed by atoms with van der Waals surface area (Å²) >= 11 is 0. The fourth-order valence-corrected chi connectivity index (χ4v) is 1.83. The second-order valence-corrected chi connectivity index (χ2v) is 4.21. The van der Waals surface area contributed by atoms with Crippen LogP contribution in [0.2, 0.25) is 0 Å². The number of hydrogen-bond donors (Lipinski definition) is 3. The van der Waals surface area contributed by atoms with Gasteiger partial charge in [-0.2, -0.15) is 0 Å². The molecule has 0 aliphatic carbocycles. The van der Waals surface area contributed by atoms with E-state index in [2.05, 4.69) is 0 Å². The highest BCUT2D eigenvalue weighted by Gasteiger charge is 2.22. The molecule has 0 unspecified atom stereocenters. The largest absolute Gasteiger partial charge is 0.480 e. The Bertz CT molecular complexity index is 335. The number of amides is 2. The summed E-state index contributed by atoms with van der Waals surface area (Å²) < 4.78 is 0. The lowest BCUT2D eigenvalue weighted by molar-refractivity contribution is -0.138. The standard InChI is InChI=1S/C10H17N3O6/c14-8(15)7-11-1-3-12(9(16)17)5-6-13(4-2-11)10(18)19/h1-7H2,(H,14,15)(H,16,17)(H,18,19). The minimum absolute atomic E-state index is 0.0859. The summed E-state index contributed by atoms with van der Waals surface area (Å²) in [5.41, 5.74) is 0. The Balaban J connectivity index is 2.73. The second kappa shape index (κ2) is 6.78. The number of carbonyl (C=O) groups is 3. The Morgan fingerprint density at radius 1 is 0.737 bits per heavy atom. The van der Waals surface area contributed by atoms with E-state index in [4.69, 9.17) is 15.3 Å². The summed E-state index contributed by atoms with van der Waals surface area (Å²) in [5.74, 6) is -1.03. The molecule has 1 aliphatic heterocycles. The van der Waals surface area contributed by atoms with Gasteiger partial charge in [0.1, 0.15) is 0 Å². The fraction of sp³-hybridized carbons (Fsp3) is 0.700. The molecule has 2 amide bonds. The SMILES string of the molecule is O=C(O)CN1CCN(C(=O)O)CCN(C(=O)O)CC1. The Kier molecular flexibility index (Phi) is 5.37. The van der Waals surface area contributed by atoms with Gasteiger partial charge in [0.15, 0.2) is 0 Å². The Morgan fingerprint density at radius 3 is 1.42 bits per heavy atom. The van der Waals surface area contributed by atoms with E-state index in [1.807, 2.05) is 0 Å². The van der Waals surface area contributed by atoms with Crippen LogP contribution < -0.4 is 0 Å². The van der Waals surface area contributed by atoms with Gasteiger partial charge in [-0.15, -0.1) is 0 Å². The molecule has 9 nitrogen and oxygen atoms in total. The summed E-state index contributed by atoms with van der Waals surface area (Å²) in [6.45, 7) is 0.802. The van der Waals surface area contributed by atoms with Crippen LogP contribution in [0.3, 0.4) is 0 Å². The molecule has 0 saturated carbocycles. The third kappa shape index (κ3) is 5.00. The van der Waals surface area contributed by atoms with Crippen molar-refractivity contribution in [1.29, 1.82) is 0 Å². The lowest BCUT2D eigenvalue weighted by Gasteiger charge is -2.22. The zero-order valence-corrected chi connectivity index (χ0v) is 10.4. The molecule has 0 aromatic carbocycles. The fourth-order valence-electron chi connectivity index (χ4n) is 1.83. The Morgan fingerprint density at radius 2 is 1.11 bits per heavy atom. The van der Waals surface area contributed by atoms with E-state index in [9.17, 15) is 14.4 Å². The number of rotatable bonds is 2. The van der Waals surface area contributed by atoms with Gasteiger partial charge in [-0.3, -0.25) is 9.69 Å².